The molecule has 5 nitrogen and oxygen atoms in total. The Kier molecular flexibility index (Phi) is 2.73. The summed E-state index contributed by atoms with van der Waals surface area (Å²) in [6.45, 7) is 0.695. The highest BCUT2D eigenvalue weighted by Crippen LogP contribution is 2.28. The van der Waals surface area contributed by atoms with Crippen LogP contribution in [0, 0.1) is 5.92 Å². The SMILES string of the molecule is Cn1ccnc(OC2CC(CN)C2)c1=O. The van der Waals surface area contributed by atoms with Gasteiger partial charge in [0.1, 0.15) is 6.10 Å². The van der Waals surface area contributed by atoms with Crippen molar-refractivity contribution in [1.29, 1.82) is 0 Å². The summed E-state index contributed by atoms with van der Waals surface area (Å²) in [6, 6.07) is 0. The second-order valence-electron chi connectivity index (χ2n) is 3.96. The zero-order valence-corrected chi connectivity index (χ0v) is 8.72. The third kappa shape index (κ3) is 2.02. The van der Waals surface area contributed by atoms with Crippen LogP contribution in [0.4, 0.5) is 0 Å². The van der Waals surface area contributed by atoms with Crippen LogP contribution < -0.4 is 16.0 Å². The van der Waals surface area contributed by atoms with E-state index >= 15 is 0 Å². The predicted molar refractivity (Wildman–Crippen MR) is 55.7 cm³/mol. The van der Waals surface area contributed by atoms with E-state index in [-0.39, 0.29) is 17.5 Å². The van der Waals surface area contributed by atoms with Crippen molar-refractivity contribution < 1.29 is 4.74 Å². The maximum absolute atomic E-state index is 11.5. The largest absolute Gasteiger partial charge is 0.470 e. The zero-order valence-electron chi connectivity index (χ0n) is 8.72. The highest BCUT2D eigenvalue weighted by molar-refractivity contribution is 5.05. The third-order valence-corrected chi connectivity index (χ3v) is 2.79. The van der Waals surface area contributed by atoms with E-state index in [4.69, 9.17) is 10.5 Å². The Morgan fingerprint density at radius 2 is 2.40 bits per heavy atom. The summed E-state index contributed by atoms with van der Waals surface area (Å²) in [5, 5.41) is 0. The molecule has 5 heteroatoms. The quantitative estimate of drug-likeness (QED) is 0.754. The van der Waals surface area contributed by atoms with Gasteiger partial charge in [0.05, 0.1) is 0 Å². The van der Waals surface area contributed by atoms with Crippen LogP contribution in [0.2, 0.25) is 0 Å². The second kappa shape index (κ2) is 4.02. The van der Waals surface area contributed by atoms with Crippen LogP contribution in [0.5, 0.6) is 5.88 Å². The first-order valence-corrected chi connectivity index (χ1v) is 5.09. The van der Waals surface area contributed by atoms with Gasteiger partial charge in [-0.2, -0.15) is 0 Å². The Morgan fingerprint density at radius 3 is 3.07 bits per heavy atom. The number of hydrogen-bond acceptors (Lipinski definition) is 4. The Bertz CT molecular complexity index is 396. The zero-order chi connectivity index (χ0) is 10.8. The average Bonchev–Trinajstić information content (AvgIpc) is 2.17. The van der Waals surface area contributed by atoms with Crippen LogP contribution in [0.25, 0.3) is 0 Å². The molecule has 15 heavy (non-hydrogen) atoms. The van der Waals surface area contributed by atoms with Gasteiger partial charge in [-0.15, -0.1) is 0 Å². The molecule has 0 aliphatic heterocycles. The molecule has 0 spiro atoms. The van der Waals surface area contributed by atoms with Crippen LogP contribution in [-0.2, 0) is 7.05 Å². The summed E-state index contributed by atoms with van der Waals surface area (Å²) in [4.78, 5) is 15.5. The molecule has 0 radical (unpaired) electrons. The van der Waals surface area contributed by atoms with E-state index in [1.54, 1.807) is 19.4 Å². The van der Waals surface area contributed by atoms with Crippen molar-refractivity contribution in [1.82, 2.24) is 9.55 Å². The van der Waals surface area contributed by atoms with Gasteiger partial charge in [0.15, 0.2) is 0 Å². The van der Waals surface area contributed by atoms with E-state index < -0.39 is 0 Å². The molecule has 1 heterocycles. The van der Waals surface area contributed by atoms with Gasteiger partial charge in [-0.05, 0) is 25.3 Å². The van der Waals surface area contributed by atoms with Crippen LogP contribution in [0.1, 0.15) is 12.8 Å². The number of hydrogen-bond donors (Lipinski definition) is 1. The van der Waals surface area contributed by atoms with Gasteiger partial charge in [-0.3, -0.25) is 4.79 Å². The fraction of sp³-hybridized carbons (Fsp3) is 0.600. The normalized spacial score (nSPS) is 24.7. The Balaban J connectivity index is 2.01. The van der Waals surface area contributed by atoms with E-state index in [9.17, 15) is 4.79 Å². The first-order chi connectivity index (χ1) is 7.20. The number of ether oxygens (including phenoxy) is 1. The number of nitrogens with zero attached hydrogens (tertiary/aromatic N) is 2. The molecular formula is C10H15N3O2. The fourth-order valence-corrected chi connectivity index (χ4v) is 1.68. The summed E-state index contributed by atoms with van der Waals surface area (Å²) in [6.07, 6.45) is 5.14. The highest BCUT2D eigenvalue weighted by Gasteiger charge is 2.30. The molecule has 2 N–H and O–H groups in total. The highest BCUT2D eigenvalue weighted by atomic mass is 16.5. The molecule has 1 fully saturated rings. The number of rotatable bonds is 3. The van der Waals surface area contributed by atoms with Crippen molar-refractivity contribution in [3.8, 4) is 5.88 Å². The maximum Gasteiger partial charge on any atom is 0.313 e. The van der Waals surface area contributed by atoms with E-state index in [1.807, 2.05) is 0 Å². The van der Waals surface area contributed by atoms with Crippen molar-refractivity contribution in [2.24, 2.45) is 18.7 Å². The van der Waals surface area contributed by atoms with Gasteiger partial charge < -0.3 is 15.0 Å². The minimum atomic E-state index is -0.186. The van der Waals surface area contributed by atoms with E-state index in [0.717, 1.165) is 12.8 Å². The monoisotopic (exact) mass is 209 g/mol. The minimum absolute atomic E-state index is 0.112. The summed E-state index contributed by atoms with van der Waals surface area (Å²) in [5.74, 6) is 0.739. The molecule has 0 unspecified atom stereocenters. The molecule has 1 aromatic heterocycles. The molecule has 1 aliphatic rings. The van der Waals surface area contributed by atoms with Gasteiger partial charge >= 0.3 is 5.56 Å². The van der Waals surface area contributed by atoms with Gasteiger partial charge in [0.25, 0.3) is 5.88 Å². The predicted octanol–water partition coefficient (Wildman–Crippen LogP) is -0.104. The first-order valence-electron chi connectivity index (χ1n) is 5.09. The molecule has 1 aliphatic carbocycles. The molecular weight excluding hydrogens is 194 g/mol. The van der Waals surface area contributed by atoms with E-state index in [1.165, 1.54) is 4.57 Å². The Morgan fingerprint density at radius 1 is 1.67 bits per heavy atom. The molecule has 2 rings (SSSR count). The summed E-state index contributed by atoms with van der Waals surface area (Å²) < 4.78 is 6.95. The van der Waals surface area contributed by atoms with Crippen molar-refractivity contribution >= 4 is 0 Å². The second-order valence-corrected chi connectivity index (χ2v) is 3.96. The fourth-order valence-electron chi connectivity index (χ4n) is 1.68. The van der Waals surface area contributed by atoms with Crippen LogP contribution in [0.15, 0.2) is 17.2 Å². The standard InChI is InChI=1S/C10H15N3O2/c1-13-3-2-12-9(10(13)14)15-8-4-7(5-8)6-11/h2-3,7-8H,4-6,11H2,1H3. The lowest BCUT2D eigenvalue weighted by molar-refractivity contribution is 0.0629. The van der Waals surface area contributed by atoms with Crippen molar-refractivity contribution in [2.75, 3.05) is 6.54 Å². The molecule has 82 valence electrons. The van der Waals surface area contributed by atoms with E-state index in [2.05, 4.69) is 4.98 Å². The molecule has 0 aromatic carbocycles. The first kappa shape index (κ1) is 10.2. The van der Waals surface area contributed by atoms with Crippen molar-refractivity contribution in [3.63, 3.8) is 0 Å². The lowest BCUT2D eigenvalue weighted by Crippen LogP contribution is -2.39. The summed E-state index contributed by atoms with van der Waals surface area (Å²) in [5.41, 5.74) is 5.32. The third-order valence-electron chi connectivity index (χ3n) is 2.79. The minimum Gasteiger partial charge on any atom is -0.470 e. The van der Waals surface area contributed by atoms with E-state index in [0.29, 0.717) is 12.5 Å². The van der Waals surface area contributed by atoms with Crippen LogP contribution in [0.3, 0.4) is 0 Å². The van der Waals surface area contributed by atoms with Crippen molar-refractivity contribution in [2.45, 2.75) is 18.9 Å². The number of nitrogens with two attached hydrogens (primary N) is 1. The lowest BCUT2D eigenvalue weighted by Gasteiger charge is -2.33. The molecule has 1 saturated carbocycles. The smallest absolute Gasteiger partial charge is 0.313 e. The molecule has 0 atom stereocenters. The maximum atomic E-state index is 11.5. The lowest BCUT2D eigenvalue weighted by atomic mass is 9.82. The molecule has 0 bridgehead atoms. The number of aryl methyl sites for hydroxylation is 1. The van der Waals surface area contributed by atoms with Gasteiger partial charge in [0.2, 0.25) is 0 Å². The topological polar surface area (TPSA) is 70.1 Å². The van der Waals surface area contributed by atoms with Crippen LogP contribution >= 0.6 is 0 Å². The summed E-state index contributed by atoms with van der Waals surface area (Å²) >= 11 is 0. The van der Waals surface area contributed by atoms with Gasteiger partial charge in [-0.1, -0.05) is 0 Å². The van der Waals surface area contributed by atoms with Crippen molar-refractivity contribution in [3.05, 3.63) is 22.7 Å². The van der Waals surface area contributed by atoms with Gasteiger partial charge in [-0.25, -0.2) is 4.98 Å². The Labute approximate surface area is 87.9 Å². The average molecular weight is 209 g/mol. The Hall–Kier alpha value is -1.36. The number of aromatic nitrogens is 2. The molecule has 0 saturated heterocycles. The van der Waals surface area contributed by atoms with Gasteiger partial charge in [0, 0.05) is 19.4 Å². The molecule has 1 aromatic rings. The molecule has 0 amide bonds. The van der Waals surface area contributed by atoms with Crippen LogP contribution in [-0.4, -0.2) is 22.2 Å². The summed E-state index contributed by atoms with van der Waals surface area (Å²) in [7, 11) is 1.68.